The first-order valence-electron chi connectivity index (χ1n) is 5.13. The monoisotopic (exact) mass is 214 g/mol. The Hall–Kier alpha value is -1.94. The first-order chi connectivity index (χ1) is 7.78. The number of aromatic nitrogens is 2. The van der Waals surface area contributed by atoms with E-state index in [1.165, 1.54) is 0 Å². The molecule has 1 aromatic carbocycles. The molecule has 0 aliphatic heterocycles. The SMILES string of the molecule is Cc1nccc(Nc2cccc(CN)c2)n1. The van der Waals surface area contributed by atoms with Crippen LogP contribution in [0.25, 0.3) is 0 Å². The molecule has 2 aromatic rings. The third kappa shape index (κ3) is 2.55. The molecule has 2 rings (SSSR count). The Bertz CT molecular complexity index is 482. The second-order valence-corrected chi connectivity index (χ2v) is 3.52. The summed E-state index contributed by atoms with van der Waals surface area (Å²) >= 11 is 0. The van der Waals surface area contributed by atoms with Crippen LogP contribution in [0, 0.1) is 6.92 Å². The number of benzene rings is 1. The molecule has 0 aliphatic carbocycles. The summed E-state index contributed by atoms with van der Waals surface area (Å²) < 4.78 is 0. The minimum absolute atomic E-state index is 0.540. The molecular weight excluding hydrogens is 200 g/mol. The van der Waals surface area contributed by atoms with Gasteiger partial charge in [-0.2, -0.15) is 0 Å². The second kappa shape index (κ2) is 4.72. The van der Waals surface area contributed by atoms with Gasteiger partial charge in [-0.3, -0.25) is 0 Å². The van der Waals surface area contributed by atoms with Gasteiger partial charge in [0, 0.05) is 18.4 Å². The molecule has 0 saturated heterocycles. The van der Waals surface area contributed by atoms with Crippen LogP contribution >= 0.6 is 0 Å². The van der Waals surface area contributed by atoms with E-state index in [4.69, 9.17) is 5.73 Å². The first kappa shape index (κ1) is 10.6. The highest BCUT2D eigenvalue weighted by Gasteiger charge is 1.97. The maximum absolute atomic E-state index is 5.58. The molecule has 0 radical (unpaired) electrons. The predicted molar refractivity (Wildman–Crippen MR) is 64.4 cm³/mol. The van der Waals surface area contributed by atoms with Crippen LogP contribution in [0.2, 0.25) is 0 Å². The average molecular weight is 214 g/mol. The zero-order valence-electron chi connectivity index (χ0n) is 9.14. The van der Waals surface area contributed by atoms with Crippen LogP contribution in [0.3, 0.4) is 0 Å². The molecule has 0 saturated carbocycles. The van der Waals surface area contributed by atoms with E-state index in [0.717, 1.165) is 22.9 Å². The Kier molecular flexibility index (Phi) is 3.12. The molecule has 0 bridgehead atoms. The quantitative estimate of drug-likeness (QED) is 0.820. The summed E-state index contributed by atoms with van der Waals surface area (Å²) in [5, 5.41) is 3.21. The maximum Gasteiger partial charge on any atom is 0.134 e. The van der Waals surface area contributed by atoms with Crippen molar-refractivity contribution in [2.75, 3.05) is 5.32 Å². The molecule has 4 heteroatoms. The smallest absolute Gasteiger partial charge is 0.134 e. The van der Waals surface area contributed by atoms with Gasteiger partial charge in [0.15, 0.2) is 0 Å². The number of nitrogens with zero attached hydrogens (tertiary/aromatic N) is 2. The van der Waals surface area contributed by atoms with Crippen LogP contribution in [-0.4, -0.2) is 9.97 Å². The minimum atomic E-state index is 0.540. The minimum Gasteiger partial charge on any atom is -0.340 e. The van der Waals surface area contributed by atoms with Crippen molar-refractivity contribution in [1.29, 1.82) is 0 Å². The summed E-state index contributed by atoms with van der Waals surface area (Å²) in [5.74, 6) is 1.54. The third-order valence-corrected chi connectivity index (χ3v) is 2.21. The molecular formula is C12H14N4. The summed E-state index contributed by atoms with van der Waals surface area (Å²) in [6.45, 7) is 2.40. The highest BCUT2D eigenvalue weighted by Crippen LogP contribution is 2.15. The number of aryl methyl sites for hydroxylation is 1. The summed E-state index contributed by atoms with van der Waals surface area (Å²) in [6.07, 6.45) is 1.73. The molecule has 0 atom stereocenters. The summed E-state index contributed by atoms with van der Waals surface area (Å²) in [4.78, 5) is 8.31. The topological polar surface area (TPSA) is 63.8 Å². The Morgan fingerprint density at radius 2 is 2.19 bits per heavy atom. The number of nitrogens with one attached hydrogen (secondary N) is 1. The van der Waals surface area contributed by atoms with Gasteiger partial charge < -0.3 is 11.1 Å². The van der Waals surface area contributed by atoms with E-state index in [1.807, 2.05) is 37.3 Å². The number of hydrogen-bond donors (Lipinski definition) is 2. The molecule has 0 fully saturated rings. The lowest BCUT2D eigenvalue weighted by Gasteiger charge is -2.06. The molecule has 0 aliphatic rings. The highest BCUT2D eigenvalue weighted by atomic mass is 15.0. The van der Waals surface area contributed by atoms with Crippen molar-refractivity contribution >= 4 is 11.5 Å². The summed E-state index contributed by atoms with van der Waals surface area (Å²) in [7, 11) is 0. The van der Waals surface area contributed by atoms with Crippen LogP contribution in [-0.2, 0) is 6.54 Å². The summed E-state index contributed by atoms with van der Waals surface area (Å²) in [6, 6.07) is 9.80. The normalized spacial score (nSPS) is 10.1. The van der Waals surface area contributed by atoms with Gasteiger partial charge in [0.05, 0.1) is 0 Å². The van der Waals surface area contributed by atoms with Gasteiger partial charge in [0.2, 0.25) is 0 Å². The molecule has 16 heavy (non-hydrogen) atoms. The van der Waals surface area contributed by atoms with E-state index in [-0.39, 0.29) is 0 Å². The lowest BCUT2D eigenvalue weighted by Crippen LogP contribution is -1.99. The van der Waals surface area contributed by atoms with Crippen LogP contribution in [0.4, 0.5) is 11.5 Å². The predicted octanol–water partition coefficient (Wildman–Crippen LogP) is 1.99. The van der Waals surface area contributed by atoms with E-state index >= 15 is 0 Å². The first-order valence-corrected chi connectivity index (χ1v) is 5.13. The molecule has 82 valence electrons. The third-order valence-electron chi connectivity index (χ3n) is 2.21. The molecule has 4 nitrogen and oxygen atoms in total. The van der Waals surface area contributed by atoms with Crippen molar-refractivity contribution in [3.63, 3.8) is 0 Å². The summed E-state index contributed by atoms with van der Waals surface area (Å²) in [5.41, 5.74) is 7.66. The van der Waals surface area contributed by atoms with Crippen LogP contribution in [0.15, 0.2) is 36.5 Å². The van der Waals surface area contributed by atoms with Gasteiger partial charge in [0.1, 0.15) is 11.6 Å². The average Bonchev–Trinajstić information content (AvgIpc) is 2.29. The largest absolute Gasteiger partial charge is 0.340 e. The number of nitrogens with two attached hydrogens (primary N) is 1. The van der Waals surface area contributed by atoms with Crippen LogP contribution in [0.5, 0.6) is 0 Å². The van der Waals surface area contributed by atoms with E-state index in [2.05, 4.69) is 15.3 Å². The van der Waals surface area contributed by atoms with E-state index in [0.29, 0.717) is 6.54 Å². The van der Waals surface area contributed by atoms with Gasteiger partial charge in [-0.15, -0.1) is 0 Å². The fraction of sp³-hybridized carbons (Fsp3) is 0.167. The zero-order valence-corrected chi connectivity index (χ0v) is 9.14. The van der Waals surface area contributed by atoms with Crippen molar-refractivity contribution in [2.45, 2.75) is 13.5 Å². The van der Waals surface area contributed by atoms with Crippen molar-refractivity contribution in [3.05, 3.63) is 47.9 Å². The van der Waals surface area contributed by atoms with Gasteiger partial charge in [-0.05, 0) is 30.7 Å². The van der Waals surface area contributed by atoms with Crippen molar-refractivity contribution in [2.24, 2.45) is 5.73 Å². The van der Waals surface area contributed by atoms with E-state index in [1.54, 1.807) is 6.20 Å². The Balaban J connectivity index is 2.20. The van der Waals surface area contributed by atoms with Gasteiger partial charge in [-0.1, -0.05) is 12.1 Å². The lowest BCUT2D eigenvalue weighted by atomic mass is 10.2. The van der Waals surface area contributed by atoms with E-state index in [9.17, 15) is 0 Å². The zero-order chi connectivity index (χ0) is 11.4. The Labute approximate surface area is 94.5 Å². The maximum atomic E-state index is 5.58. The van der Waals surface area contributed by atoms with Crippen LogP contribution in [0.1, 0.15) is 11.4 Å². The van der Waals surface area contributed by atoms with Gasteiger partial charge in [-0.25, -0.2) is 9.97 Å². The van der Waals surface area contributed by atoms with Crippen molar-refractivity contribution in [1.82, 2.24) is 9.97 Å². The molecule has 3 N–H and O–H groups in total. The Morgan fingerprint density at radius 3 is 2.94 bits per heavy atom. The van der Waals surface area contributed by atoms with Crippen LogP contribution < -0.4 is 11.1 Å². The fourth-order valence-electron chi connectivity index (χ4n) is 1.45. The number of rotatable bonds is 3. The molecule has 0 spiro atoms. The van der Waals surface area contributed by atoms with E-state index < -0.39 is 0 Å². The number of anilines is 2. The molecule has 0 amide bonds. The Morgan fingerprint density at radius 1 is 1.31 bits per heavy atom. The van der Waals surface area contributed by atoms with Crippen molar-refractivity contribution < 1.29 is 0 Å². The standard InChI is InChI=1S/C12H14N4/c1-9-14-6-5-12(15-9)16-11-4-2-3-10(7-11)8-13/h2-7H,8,13H2,1H3,(H,14,15,16). The van der Waals surface area contributed by atoms with Gasteiger partial charge >= 0.3 is 0 Å². The number of hydrogen-bond acceptors (Lipinski definition) is 4. The highest BCUT2D eigenvalue weighted by molar-refractivity contribution is 5.56. The molecule has 1 aromatic heterocycles. The van der Waals surface area contributed by atoms with Gasteiger partial charge in [0.25, 0.3) is 0 Å². The fourth-order valence-corrected chi connectivity index (χ4v) is 1.45. The lowest BCUT2D eigenvalue weighted by molar-refractivity contribution is 1.05. The molecule has 1 heterocycles. The second-order valence-electron chi connectivity index (χ2n) is 3.52. The van der Waals surface area contributed by atoms with Crippen molar-refractivity contribution in [3.8, 4) is 0 Å². The molecule has 0 unspecified atom stereocenters.